The van der Waals surface area contributed by atoms with Crippen LogP contribution in [0.3, 0.4) is 0 Å². The van der Waals surface area contributed by atoms with Gasteiger partial charge in [-0.1, -0.05) is 30.8 Å². The minimum absolute atomic E-state index is 0. The summed E-state index contributed by atoms with van der Waals surface area (Å²) in [5, 5.41) is 12.5. The maximum atomic E-state index is 13.8. The topological polar surface area (TPSA) is 89.6 Å². The molecule has 0 bridgehead atoms. The molecule has 13 heteroatoms. The predicted molar refractivity (Wildman–Crippen MR) is 184 cm³/mol. The highest BCUT2D eigenvalue weighted by atomic mass is 32.1. The lowest BCUT2D eigenvalue weighted by Crippen LogP contribution is -2.57. The molecule has 1 amide bonds. The number of halogens is 1. The largest absolute Gasteiger partial charge is 0.508 e. The Labute approximate surface area is 277 Å². The third-order valence-corrected chi connectivity index (χ3v) is 8.84. The molecule has 3 aliphatic heterocycles. The summed E-state index contributed by atoms with van der Waals surface area (Å²) in [7, 11) is 2.10. The van der Waals surface area contributed by atoms with E-state index < -0.39 is 17.8 Å². The van der Waals surface area contributed by atoms with Gasteiger partial charge in [0.05, 0.1) is 12.2 Å². The van der Waals surface area contributed by atoms with Crippen molar-refractivity contribution in [3.8, 4) is 11.8 Å². The van der Waals surface area contributed by atoms with Crippen molar-refractivity contribution in [1.82, 2.24) is 19.8 Å². The number of phenols is 1. The number of likely N-dealkylation sites (tertiary alicyclic amines) is 1. The lowest BCUT2D eigenvalue weighted by molar-refractivity contribution is -0.131. The van der Waals surface area contributed by atoms with Crippen LogP contribution >= 0.6 is 27.0 Å². The number of amides is 1. The highest BCUT2D eigenvalue weighted by Crippen LogP contribution is 2.37. The number of ether oxygens (including phenoxy) is 1. The van der Waals surface area contributed by atoms with Gasteiger partial charge in [-0.15, -0.1) is 0 Å². The monoisotopic (exact) mass is 653 g/mol. The smallest absolute Gasteiger partial charge is 0.318 e. The standard InChI is InChI=1S/C32H36FN7O3.2H2S/c1-21(33)31(42)40-14-13-39(18-24(40)17-34-2)30-27-10-12-38(29-16-25(41)15-22-7-4-5-9-26(22)29)19-28(27)35-32(36-30)43-20-23-8-6-11-37(23)3;;/h4-5,7,9,15-16,23-24,41H,1,6,8,10-14,17-20H2,3H3;2*1H2/t23-,24-;;/m0../s1. The molecule has 6 rings (SSSR count). The van der Waals surface area contributed by atoms with Gasteiger partial charge in [0.2, 0.25) is 6.54 Å². The van der Waals surface area contributed by atoms with Gasteiger partial charge in [0, 0.05) is 54.9 Å². The number of rotatable bonds is 7. The number of phenolic OH excluding ortho intramolecular Hbond substituents is 1. The van der Waals surface area contributed by atoms with Crippen molar-refractivity contribution >= 4 is 55.2 Å². The summed E-state index contributed by atoms with van der Waals surface area (Å²) < 4.78 is 20.0. The second kappa shape index (κ2) is 14.6. The summed E-state index contributed by atoms with van der Waals surface area (Å²) >= 11 is 0. The van der Waals surface area contributed by atoms with E-state index in [0.29, 0.717) is 51.3 Å². The number of anilines is 2. The molecule has 3 aromatic rings. The van der Waals surface area contributed by atoms with Crippen molar-refractivity contribution in [1.29, 1.82) is 0 Å². The van der Waals surface area contributed by atoms with Crippen LogP contribution in [0.15, 0.2) is 48.8 Å². The summed E-state index contributed by atoms with van der Waals surface area (Å²) in [5.41, 5.74) is 2.78. The van der Waals surface area contributed by atoms with Gasteiger partial charge in [-0.3, -0.25) is 4.79 Å². The van der Waals surface area contributed by atoms with Gasteiger partial charge in [0.25, 0.3) is 5.91 Å². The Kier molecular flexibility index (Phi) is 11.1. The molecular formula is C32H40FN7O3S2. The van der Waals surface area contributed by atoms with Crippen LogP contribution in [0, 0.1) is 6.57 Å². The summed E-state index contributed by atoms with van der Waals surface area (Å²) in [6, 6.07) is 11.7. The van der Waals surface area contributed by atoms with E-state index in [1.807, 2.05) is 18.2 Å². The van der Waals surface area contributed by atoms with Crippen molar-refractivity contribution in [2.24, 2.45) is 0 Å². The molecule has 1 N–H and O–H groups in total. The van der Waals surface area contributed by atoms with Gasteiger partial charge in [-0.25, -0.2) is 11.0 Å². The first kappa shape index (κ1) is 34.1. The van der Waals surface area contributed by atoms with Crippen molar-refractivity contribution in [2.45, 2.75) is 37.9 Å². The number of benzene rings is 2. The second-order valence-electron chi connectivity index (χ2n) is 11.5. The Morgan fingerprint density at radius 3 is 2.67 bits per heavy atom. The van der Waals surface area contributed by atoms with Crippen LogP contribution in [0.2, 0.25) is 0 Å². The molecule has 3 aliphatic rings. The van der Waals surface area contributed by atoms with Gasteiger partial charge < -0.3 is 34.3 Å². The summed E-state index contributed by atoms with van der Waals surface area (Å²) in [5.74, 6) is -0.838. The number of aromatic hydroxyl groups is 1. The van der Waals surface area contributed by atoms with Crippen LogP contribution in [0.4, 0.5) is 15.9 Å². The average molecular weight is 654 g/mol. The van der Waals surface area contributed by atoms with E-state index >= 15 is 0 Å². The van der Waals surface area contributed by atoms with E-state index in [1.165, 1.54) is 4.90 Å². The molecule has 1 aromatic heterocycles. The quantitative estimate of drug-likeness (QED) is 0.303. The summed E-state index contributed by atoms with van der Waals surface area (Å²) in [6.07, 6.45) is 2.85. The van der Waals surface area contributed by atoms with Crippen molar-refractivity contribution in [2.75, 3.05) is 62.7 Å². The van der Waals surface area contributed by atoms with E-state index in [1.54, 1.807) is 12.1 Å². The van der Waals surface area contributed by atoms with E-state index in [2.05, 4.69) is 39.2 Å². The molecule has 10 nitrogen and oxygen atoms in total. The number of fused-ring (bicyclic) bond motifs is 2. The lowest BCUT2D eigenvalue weighted by atomic mass is 10.0. The number of carbonyl (C=O) groups excluding carboxylic acids is 1. The fourth-order valence-electron chi connectivity index (χ4n) is 6.55. The molecular weight excluding hydrogens is 614 g/mol. The fraction of sp³-hybridized carbons (Fsp3) is 0.438. The zero-order valence-corrected chi connectivity index (χ0v) is 27.4. The number of hydrogen-bond acceptors (Lipinski definition) is 8. The molecule has 2 saturated heterocycles. The number of carbonyl (C=O) groups is 1. The average Bonchev–Trinajstić information content (AvgIpc) is 3.42. The Balaban J connectivity index is 0.00000230. The lowest BCUT2D eigenvalue weighted by Gasteiger charge is -2.41. The Morgan fingerprint density at radius 1 is 1.13 bits per heavy atom. The number of aromatic nitrogens is 2. The van der Waals surface area contributed by atoms with Crippen LogP contribution in [-0.2, 0) is 17.8 Å². The predicted octanol–water partition coefficient (Wildman–Crippen LogP) is 4.02. The van der Waals surface area contributed by atoms with Crippen LogP contribution < -0.4 is 14.5 Å². The molecule has 45 heavy (non-hydrogen) atoms. The van der Waals surface area contributed by atoms with E-state index in [9.17, 15) is 14.3 Å². The first-order valence-corrected chi connectivity index (χ1v) is 14.8. The first-order valence-electron chi connectivity index (χ1n) is 14.8. The maximum absolute atomic E-state index is 13.8. The summed E-state index contributed by atoms with van der Waals surface area (Å²) in [4.78, 5) is 33.8. The number of piperazine rings is 1. The van der Waals surface area contributed by atoms with Crippen molar-refractivity contribution in [3.05, 3.63) is 71.5 Å². The number of hydrogen-bond donors (Lipinski definition) is 1. The minimum atomic E-state index is -1.02. The van der Waals surface area contributed by atoms with E-state index in [-0.39, 0.29) is 45.8 Å². The molecule has 0 saturated carbocycles. The van der Waals surface area contributed by atoms with Gasteiger partial charge in [0.15, 0.2) is 5.83 Å². The normalized spacial score (nSPS) is 19.7. The zero-order valence-electron chi connectivity index (χ0n) is 25.4. The fourth-order valence-corrected chi connectivity index (χ4v) is 6.55. The molecule has 0 aliphatic carbocycles. The van der Waals surface area contributed by atoms with Gasteiger partial charge in [0.1, 0.15) is 24.2 Å². The Bertz CT molecular complexity index is 1600. The van der Waals surface area contributed by atoms with Crippen LogP contribution in [0.5, 0.6) is 11.8 Å². The van der Waals surface area contributed by atoms with Crippen molar-refractivity contribution in [3.63, 3.8) is 0 Å². The van der Waals surface area contributed by atoms with Gasteiger partial charge >= 0.3 is 6.01 Å². The third kappa shape index (κ3) is 7.08. The second-order valence-corrected chi connectivity index (χ2v) is 11.5. The number of nitrogens with zero attached hydrogens (tertiary/aromatic N) is 7. The highest BCUT2D eigenvalue weighted by molar-refractivity contribution is 7.59. The Hall–Kier alpha value is -3.73. The highest BCUT2D eigenvalue weighted by Gasteiger charge is 2.36. The van der Waals surface area contributed by atoms with Gasteiger partial charge in [-0.2, -0.15) is 37.0 Å². The maximum Gasteiger partial charge on any atom is 0.318 e. The van der Waals surface area contributed by atoms with Crippen LogP contribution in [0.1, 0.15) is 24.1 Å². The molecule has 0 unspecified atom stereocenters. The molecule has 0 spiro atoms. The molecule has 4 heterocycles. The number of likely N-dealkylation sites (N-methyl/N-ethyl adjacent to an activating group) is 1. The molecule has 2 aromatic carbocycles. The van der Waals surface area contributed by atoms with Crippen LogP contribution in [0.25, 0.3) is 15.6 Å². The van der Waals surface area contributed by atoms with E-state index in [4.69, 9.17) is 21.3 Å². The molecule has 2 fully saturated rings. The van der Waals surface area contributed by atoms with Crippen molar-refractivity contribution < 1.29 is 19.0 Å². The zero-order chi connectivity index (χ0) is 30.1. The Morgan fingerprint density at radius 2 is 1.93 bits per heavy atom. The molecule has 0 radical (unpaired) electrons. The molecule has 2 atom stereocenters. The van der Waals surface area contributed by atoms with E-state index in [0.717, 1.165) is 52.9 Å². The minimum Gasteiger partial charge on any atom is -0.508 e. The molecule has 240 valence electrons. The SMILES string of the molecule is S.S.[C-]#[N+]C[C@H]1CN(c2nc(OC[C@@H]3CCCN3C)nc3c2CCN(c2cc(O)cc4ccccc24)C3)CCN1C(=O)C(=C)F. The first-order chi connectivity index (χ1) is 20.8. The van der Waals surface area contributed by atoms with Crippen LogP contribution in [-0.4, -0.2) is 95.8 Å². The van der Waals surface area contributed by atoms with Gasteiger partial charge in [-0.05, 0) is 44.3 Å². The summed E-state index contributed by atoms with van der Waals surface area (Å²) in [6.45, 7) is 14.4. The third-order valence-electron chi connectivity index (χ3n) is 8.84.